The fraction of sp³-hybridized carbons (Fsp3) is 0.444. The molecule has 1 aliphatic heterocycles. The Labute approximate surface area is 136 Å². The van der Waals surface area contributed by atoms with E-state index in [-0.39, 0.29) is 17.7 Å². The lowest BCUT2D eigenvalue weighted by atomic mass is 9.90. The number of amides is 1. The molecule has 2 heterocycles. The number of rotatable bonds is 4. The number of nitrogens with two attached hydrogens (primary N) is 1. The molecule has 0 saturated carbocycles. The summed E-state index contributed by atoms with van der Waals surface area (Å²) in [6, 6.07) is 9.73. The smallest absolute Gasteiger partial charge is 0.228 e. The summed E-state index contributed by atoms with van der Waals surface area (Å²) in [4.78, 5) is 18.9. The molecule has 0 radical (unpaired) electrons. The van der Waals surface area contributed by atoms with Crippen LogP contribution in [0.15, 0.2) is 34.7 Å². The Morgan fingerprint density at radius 3 is 2.78 bits per heavy atom. The maximum absolute atomic E-state index is 12.5. The average molecular weight is 313 g/mol. The first-order valence-electron chi connectivity index (χ1n) is 8.00. The number of likely N-dealkylation sites (tertiary alicyclic amines) is 1. The number of oxazole rings is 1. The van der Waals surface area contributed by atoms with Crippen molar-refractivity contribution in [2.45, 2.75) is 26.7 Å². The van der Waals surface area contributed by atoms with Gasteiger partial charge in [0.2, 0.25) is 11.8 Å². The van der Waals surface area contributed by atoms with Gasteiger partial charge in [-0.2, -0.15) is 0 Å². The van der Waals surface area contributed by atoms with Gasteiger partial charge in [0.05, 0.1) is 12.1 Å². The van der Waals surface area contributed by atoms with Crippen molar-refractivity contribution in [3.63, 3.8) is 0 Å². The topological polar surface area (TPSA) is 72.4 Å². The van der Waals surface area contributed by atoms with Gasteiger partial charge >= 0.3 is 0 Å². The maximum Gasteiger partial charge on any atom is 0.228 e. The van der Waals surface area contributed by atoms with Crippen LogP contribution in [-0.2, 0) is 11.2 Å². The van der Waals surface area contributed by atoms with Crippen molar-refractivity contribution in [2.24, 2.45) is 11.1 Å². The van der Waals surface area contributed by atoms with Gasteiger partial charge in [0.25, 0.3) is 0 Å². The number of benzene rings is 1. The quantitative estimate of drug-likeness (QED) is 0.940. The summed E-state index contributed by atoms with van der Waals surface area (Å²) in [6.45, 7) is 6.10. The molecule has 122 valence electrons. The summed E-state index contributed by atoms with van der Waals surface area (Å²) in [7, 11) is 0. The highest BCUT2D eigenvalue weighted by Gasteiger charge is 2.35. The molecule has 5 nitrogen and oxygen atoms in total. The first kappa shape index (κ1) is 15.7. The monoisotopic (exact) mass is 313 g/mol. The van der Waals surface area contributed by atoms with Crippen LogP contribution in [0.3, 0.4) is 0 Å². The predicted molar refractivity (Wildman–Crippen MR) is 88.7 cm³/mol. The molecule has 1 unspecified atom stereocenters. The molecule has 1 fully saturated rings. The normalized spacial score (nSPS) is 20.9. The van der Waals surface area contributed by atoms with E-state index in [2.05, 4.69) is 11.9 Å². The van der Waals surface area contributed by atoms with E-state index in [1.54, 1.807) is 0 Å². The third-order valence-electron chi connectivity index (χ3n) is 4.64. The lowest BCUT2D eigenvalue weighted by Gasteiger charge is -2.22. The standard InChI is InChI=1S/C18H23N3O2/c1-13-15(20-17(23-13)14-6-4-3-5-7-14)10-16(22)21-9-8-18(2,11-19)12-21/h3-7H,8-12,19H2,1-2H3. The lowest BCUT2D eigenvalue weighted by molar-refractivity contribution is -0.129. The van der Waals surface area contributed by atoms with Crippen molar-refractivity contribution in [3.8, 4) is 11.5 Å². The van der Waals surface area contributed by atoms with Crippen LogP contribution >= 0.6 is 0 Å². The van der Waals surface area contributed by atoms with Crippen molar-refractivity contribution < 1.29 is 9.21 Å². The van der Waals surface area contributed by atoms with Crippen molar-refractivity contribution in [2.75, 3.05) is 19.6 Å². The van der Waals surface area contributed by atoms with Crippen molar-refractivity contribution in [1.29, 1.82) is 0 Å². The summed E-state index contributed by atoms with van der Waals surface area (Å²) < 4.78 is 5.72. The lowest BCUT2D eigenvalue weighted by Crippen LogP contribution is -2.35. The van der Waals surface area contributed by atoms with Crippen LogP contribution in [0.4, 0.5) is 0 Å². The molecule has 1 aromatic heterocycles. The molecule has 1 amide bonds. The van der Waals surface area contributed by atoms with Gasteiger partial charge in [0.15, 0.2) is 0 Å². The van der Waals surface area contributed by atoms with Crippen LogP contribution < -0.4 is 5.73 Å². The number of hydrogen-bond donors (Lipinski definition) is 1. The van der Waals surface area contributed by atoms with Gasteiger partial charge in [-0.3, -0.25) is 4.79 Å². The fourth-order valence-electron chi connectivity index (χ4n) is 2.95. The Balaban J connectivity index is 1.71. The van der Waals surface area contributed by atoms with Gasteiger partial charge < -0.3 is 15.1 Å². The third kappa shape index (κ3) is 3.29. The first-order chi connectivity index (χ1) is 11.0. The molecule has 1 atom stereocenters. The summed E-state index contributed by atoms with van der Waals surface area (Å²) in [5.74, 6) is 1.37. The Morgan fingerprint density at radius 1 is 1.39 bits per heavy atom. The average Bonchev–Trinajstić information content (AvgIpc) is 3.13. The summed E-state index contributed by atoms with van der Waals surface area (Å²) in [5, 5.41) is 0. The van der Waals surface area contributed by atoms with Crippen LogP contribution in [0.2, 0.25) is 0 Å². The van der Waals surface area contributed by atoms with E-state index in [0.717, 1.165) is 30.8 Å². The van der Waals surface area contributed by atoms with E-state index in [4.69, 9.17) is 10.2 Å². The molecule has 1 aliphatic rings. The minimum absolute atomic E-state index is 0.0454. The fourth-order valence-corrected chi connectivity index (χ4v) is 2.95. The molecule has 3 rings (SSSR count). The molecule has 2 N–H and O–H groups in total. The Kier molecular flexibility index (Phi) is 4.22. The zero-order valence-corrected chi connectivity index (χ0v) is 13.7. The number of aryl methyl sites for hydroxylation is 1. The second-order valence-corrected chi connectivity index (χ2v) is 6.64. The minimum atomic E-state index is 0.0454. The molecular formula is C18H23N3O2. The highest BCUT2D eigenvalue weighted by molar-refractivity contribution is 5.79. The van der Waals surface area contributed by atoms with E-state index >= 15 is 0 Å². The SMILES string of the molecule is Cc1oc(-c2ccccc2)nc1CC(=O)N1CCC(C)(CN)C1. The van der Waals surface area contributed by atoms with E-state index in [1.165, 1.54) is 0 Å². The van der Waals surface area contributed by atoms with E-state index in [1.807, 2.05) is 42.2 Å². The van der Waals surface area contributed by atoms with Crippen LogP contribution in [0.5, 0.6) is 0 Å². The Hall–Kier alpha value is -2.14. The van der Waals surface area contributed by atoms with E-state index < -0.39 is 0 Å². The van der Waals surface area contributed by atoms with Gasteiger partial charge in [-0.15, -0.1) is 0 Å². The molecule has 1 saturated heterocycles. The Morgan fingerprint density at radius 2 is 2.13 bits per heavy atom. The molecule has 0 spiro atoms. The number of carbonyl (C=O) groups excluding carboxylic acids is 1. The van der Waals surface area contributed by atoms with Crippen LogP contribution in [-0.4, -0.2) is 35.4 Å². The minimum Gasteiger partial charge on any atom is -0.441 e. The highest BCUT2D eigenvalue weighted by atomic mass is 16.4. The number of carbonyl (C=O) groups is 1. The molecule has 2 aromatic rings. The molecule has 1 aromatic carbocycles. The zero-order valence-electron chi connectivity index (χ0n) is 13.7. The number of aromatic nitrogens is 1. The van der Waals surface area contributed by atoms with Gasteiger partial charge in [0.1, 0.15) is 5.76 Å². The van der Waals surface area contributed by atoms with Gasteiger partial charge in [-0.25, -0.2) is 4.98 Å². The summed E-state index contributed by atoms with van der Waals surface area (Å²) >= 11 is 0. The first-order valence-corrected chi connectivity index (χ1v) is 8.00. The number of hydrogen-bond acceptors (Lipinski definition) is 4. The highest BCUT2D eigenvalue weighted by Crippen LogP contribution is 2.29. The van der Waals surface area contributed by atoms with Gasteiger partial charge in [-0.1, -0.05) is 25.1 Å². The van der Waals surface area contributed by atoms with Crippen LogP contribution in [0.1, 0.15) is 24.8 Å². The predicted octanol–water partition coefficient (Wildman–Crippen LogP) is 2.39. The summed E-state index contributed by atoms with van der Waals surface area (Å²) in [5.41, 5.74) is 7.50. The van der Waals surface area contributed by atoms with Crippen molar-refractivity contribution >= 4 is 5.91 Å². The molecule has 5 heteroatoms. The number of nitrogens with zero attached hydrogens (tertiary/aromatic N) is 2. The molecule has 23 heavy (non-hydrogen) atoms. The second-order valence-electron chi connectivity index (χ2n) is 6.64. The van der Waals surface area contributed by atoms with Crippen LogP contribution in [0.25, 0.3) is 11.5 Å². The van der Waals surface area contributed by atoms with Crippen molar-refractivity contribution in [3.05, 3.63) is 41.8 Å². The van der Waals surface area contributed by atoms with Gasteiger partial charge in [-0.05, 0) is 37.4 Å². The summed E-state index contributed by atoms with van der Waals surface area (Å²) in [6.07, 6.45) is 1.24. The third-order valence-corrected chi connectivity index (χ3v) is 4.64. The maximum atomic E-state index is 12.5. The van der Waals surface area contributed by atoms with Crippen molar-refractivity contribution in [1.82, 2.24) is 9.88 Å². The van der Waals surface area contributed by atoms with Crippen LogP contribution in [0, 0.1) is 12.3 Å². The second kappa shape index (κ2) is 6.16. The van der Waals surface area contributed by atoms with Gasteiger partial charge in [0, 0.05) is 18.7 Å². The zero-order chi connectivity index (χ0) is 16.4. The van der Waals surface area contributed by atoms with E-state index in [0.29, 0.717) is 18.2 Å². The van der Waals surface area contributed by atoms with E-state index in [9.17, 15) is 4.79 Å². The largest absolute Gasteiger partial charge is 0.441 e. The molecule has 0 aliphatic carbocycles. The molecule has 0 bridgehead atoms. The Bertz CT molecular complexity index is 696. The molecular weight excluding hydrogens is 290 g/mol.